The molecule has 0 aromatic heterocycles. The predicted molar refractivity (Wildman–Crippen MR) is 57.1 cm³/mol. The van der Waals surface area contributed by atoms with Gasteiger partial charge in [0.15, 0.2) is 0 Å². The molecule has 0 saturated carbocycles. The first-order valence-electron chi connectivity index (χ1n) is 4.95. The van der Waals surface area contributed by atoms with Crippen molar-refractivity contribution >= 4 is 0 Å². The fraction of sp³-hybridized carbons (Fsp3) is 0.500. The second kappa shape index (κ2) is 5.13. The van der Waals surface area contributed by atoms with Gasteiger partial charge in [-0.2, -0.15) is 0 Å². The summed E-state index contributed by atoms with van der Waals surface area (Å²) in [4.78, 5) is 0. The van der Waals surface area contributed by atoms with Crippen LogP contribution in [0.4, 0.5) is 0 Å². The Morgan fingerprint density at radius 3 is 2.50 bits per heavy atom. The zero-order valence-corrected chi connectivity index (χ0v) is 9.03. The normalized spacial score (nSPS) is 15.1. The Morgan fingerprint density at radius 2 is 1.93 bits per heavy atom. The topological polar surface area (TPSA) is 29.5 Å². The smallest absolute Gasteiger partial charge is 0.0807 e. The zero-order chi connectivity index (χ0) is 10.6. The lowest BCUT2D eigenvalue weighted by molar-refractivity contribution is -0.0270. The van der Waals surface area contributed by atoms with Gasteiger partial charge in [0, 0.05) is 0 Å². The van der Waals surface area contributed by atoms with Crippen molar-refractivity contribution in [3.63, 3.8) is 0 Å². The molecule has 2 heteroatoms. The summed E-state index contributed by atoms with van der Waals surface area (Å²) in [6.45, 7) is 6.25. The van der Waals surface area contributed by atoms with Gasteiger partial charge in [-0.25, -0.2) is 0 Å². The molecule has 2 atom stereocenters. The highest BCUT2D eigenvalue weighted by Gasteiger charge is 2.09. The number of aryl methyl sites for hydroxylation is 1. The highest BCUT2D eigenvalue weighted by atomic mass is 16.5. The van der Waals surface area contributed by atoms with E-state index in [0.29, 0.717) is 6.61 Å². The second-order valence-corrected chi connectivity index (χ2v) is 3.68. The van der Waals surface area contributed by atoms with Crippen LogP contribution < -0.4 is 0 Å². The van der Waals surface area contributed by atoms with E-state index in [1.165, 1.54) is 11.1 Å². The highest BCUT2D eigenvalue weighted by molar-refractivity contribution is 5.24. The first-order chi connectivity index (χ1) is 6.61. The standard InChI is InChI=1S/C12H18O2/c1-9-6-4-5-7-12(9)8-14-11(3)10(2)13/h4-7,10-11,13H,8H2,1-3H3/t10-,11+/m1/s1. The van der Waals surface area contributed by atoms with Crippen molar-refractivity contribution < 1.29 is 9.84 Å². The first kappa shape index (κ1) is 11.2. The van der Waals surface area contributed by atoms with E-state index in [4.69, 9.17) is 4.74 Å². The van der Waals surface area contributed by atoms with Crippen LogP contribution in [0.5, 0.6) is 0 Å². The maximum absolute atomic E-state index is 9.24. The average molecular weight is 194 g/mol. The zero-order valence-electron chi connectivity index (χ0n) is 9.03. The first-order valence-corrected chi connectivity index (χ1v) is 4.95. The van der Waals surface area contributed by atoms with Gasteiger partial charge in [-0.05, 0) is 31.9 Å². The summed E-state index contributed by atoms with van der Waals surface area (Å²) < 4.78 is 5.52. The molecule has 1 N–H and O–H groups in total. The number of aliphatic hydroxyl groups is 1. The van der Waals surface area contributed by atoms with Gasteiger partial charge in [0.2, 0.25) is 0 Å². The van der Waals surface area contributed by atoms with Crippen LogP contribution in [0.2, 0.25) is 0 Å². The van der Waals surface area contributed by atoms with Gasteiger partial charge >= 0.3 is 0 Å². The molecule has 0 amide bonds. The molecule has 0 unspecified atom stereocenters. The summed E-state index contributed by atoms with van der Waals surface area (Å²) in [6, 6.07) is 8.12. The fourth-order valence-corrected chi connectivity index (χ4v) is 1.13. The number of rotatable bonds is 4. The quantitative estimate of drug-likeness (QED) is 0.796. The molecule has 1 aromatic carbocycles. The molecule has 78 valence electrons. The van der Waals surface area contributed by atoms with Crippen molar-refractivity contribution in [3.05, 3.63) is 35.4 Å². The predicted octanol–water partition coefficient (Wildman–Crippen LogP) is 2.28. The van der Waals surface area contributed by atoms with Gasteiger partial charge in [0.25, 0.3) is 0 Å². The molecule has 1 rings (SSSR count). The third-order valence-electron chi connectivity index (χ3n) is 2.44. The van der Waals surface area contributed by atoms with E-state index >= 15 is 0 Å². The monoisotopic (exact) mass is 194 g/mol. The van der Waals surface area contributed by atoms with E-state index < -0.39 is 6.10 Å². The summed E-state index contributed by atoms with van der Waals surface area (Å²) in [5.74, 6) is 0. The van der Waals surface area contributed by atoms with Gasteiger partial charge < -0.3 is 9.84 Å². The van der Waals surface area contributed by atoms with E-state index in [0.717, 1.165) is 0 Å². The highest BCUT2D eigenvalue weighted by Crippen LogP contribution is 2.10. The summed E-state index contributed by atoms with van der Waals surface area (Å²) in [6.07, 6.45) is -0.534. The van der Waals surface area contributed by atoms with Crippen LogP contribution in [-0.2, 0) is 11.3 Å². The van der Waals surface area contributed by atoms with Crippen LogP contribution in [-0.4, -0.2) is 17.3 Å². The molecule has 1 aromatic rings. The van der Waals surface area contributed by atoms with Crippen molar-refractivity contribution in [3.8, 4) is 0 Å². The summed E-state index contributed by atoms with van der Waals surface area (Å²) in [5.41, 5.74) is 2.41. The molecular weight excluding hydrogens is 176 g/mol. The maximum Gasteiger partial charge on any atom is 0.0807 e. The number of ether oxygens (including phenoxy) is 1. The molecule has 0 bridgehead atoms. The van der Waals surface area contributed by atoms with Crippen LogP contribution in [0.3, 0.4) is 0 Å². The molecule has 14 heavy (non-hydrogen) atoms. The lowest BCUT2D eigenvalue weighted by atomic mass is 10.1. The Hall–Kier alpha value is -0.860. The Kier molecular flexibility index (Phi) is 4.11. The molecular formula is C12H18O2. The van der Waals surface area contributed by atoms with Gasteiger partial charge in [0.05, 0.1) is 18.8 Å². The minimum atomic E-state index is -0.418. The van der Waals surface area contributed by atoms with Crippen molar-refractivity contribution in [1.82, 2.24) is 0 Å². The van der Waals surface area contributed by atoms with E-state index in [1.807, 2.05) is 25.1 Å². The van der Waals surface area contributed by atoms with Crippen molar-refractivity contribution in [2.45, 2.75) is 39.6 Å². The third-order valence-corrected chi connectivity index (χ3v) is 2.44. The molecule has 2 nitrogen and oxygen atoms in total. The fourth-order valence-electron chi connectivity index (χ4n) is 1.13. The Balaban J connectivity index is 2.50. The van der Waals surface area contributed by atoms with Gasteiger partial charge in [-0.3, -0.25) is 0 Å². The van der Waals surface area contributed by atoms with Crippen molar-refractivity contribution in [2.75, 3.05) is 0 Å². The van der Waals surface area contributed by atoms with E-state index in [-0.39, 0.29) is 6.10 Å². The lowest BCUT2D eigenvalue weighted by Gasteiger charge is -2.16. The van der Waals surface area contributed by atoms with Crippen LogP contribution >= 0.6 is 0 Å². The molecule has 0 radical (unpaired) electrons. The van der Waals surface area contributed by atoms with Crippen molar-refractivity contribution in [2.24, 2.45) is 0 Å². The number of benzene rings is 1. The molecule has 0 saturated heterocycles. The van der Waals surface area contributed by atoms with Crippen LogP contribution in [0.25, 0.3) is 0 Å². The SMILES string of the molecule is Cc1ccccc1CO[C@@H](C)[C@@H](C)O. The second-order valence-electron chi connectivity index (χ2n) is 3.68. The molecule has 0 aliphatic rings. The Morgan fingerprint density at radius 1 is 1.29 bits per heavy atom. The van der Waals surface area contributed by atoms with Crippen LogP contribution in [0, 0.1) is 6.92 Å². The van der Waals surface area contributed by atoms with E-state index in [9.17, 15) is 5.11 Å². The molecule has 0 aliphatic heterocycles. The lowest BCUT2D eigenvalue weighted by Crippen LogP contribution is -2.22. The molecule has 0 spiro atoms. The number of hydrogen-bond acceptors (Lipinski definition) is 2. The van der Waals surface area contributed by atoms with Crippen LogP contribution in [0.15, 0.2) is 24.3 Å². The molecule has 0 aliphatic carbocycles. The van der Waals surface area contributed by atoms with Gasteiger partial charge in [-0.1, -0.05) is 24.3 Å². The van der Waals surface area contributed by atoms with Gasteiger partial charge in [0.1, 0.15) is 0 Å². The third kappa shape index (κ3) is 3.13. The van der Waals surface area contributed by atoms with Crippen molar-refractivity contribution in [1.29, 1.82) is 0 Å². The number of aliphatic hydroxyl groups excluding tert-OH is 1. The summed E-state index contributed by atoms with van der Waals surface area (Å²) in [5, 5.41) is 9.24. The summed E-state index contributed by atoms with van der Waals surface area (Å²) >= 11 is 0. The minimum Gasteiger partial charge on any atom is -0.391 e. The Labute approximate surface area is 85.5 Å². The molecule has 0 fully saturated rings. The minimum absolute atomic E-state index is 0.116. The maximum atomic E-state index is 9.24. The van der Waals surface area contributed by atoms with E-state index in [2.05, 4.69) is 13.0 Å². The Bertz CT molecular complexity index is 281. The average Bonchev–Trinajstić information content (AvgIpc) is 2.16. The largest absolute Gasteiger partial charge is 0.391 e. The van der Waals surface area contributed by atoms with E-state index in [1.54, 1.807) is 6.92 Å². The number of hydrogen-bond donors (Lipinski definition) is 1. The van der Waals surface area contributed by atoms with Gasteiger partial charge in [-0.15, -0.1) is 0 Å². The van der Waals surface area contributed by atoms with Crippen LogP contribution in [0.1, 0.15) is 25.0 Å². The summed E-state index contributed by atoms with van der Waals surface area (Å²) in [7, 11) is 0. The molecule has 0 heterocycles.